The molecule has 3 rings (SSSR count). The van der Waals surface area contributed by atoms with Crippen LogP contribution in [0.1, 0.15) is 37.0 Å². The maximum Gasteiger partial charge on any atom is 0.251 e. The van der Waals surface area contributed by atoms with Crippen LogP contribution in [0.25, 0.3) is 0 Å². The molecule has 172 valence electrons. The summed E-state index contributed by atoms with van der Waals surface area (Å²) in [5.41, 5.74) is 0.875. The van der Waals surface area contributed by atoms with Gasteiger partial charge < -0.3 is 15.4 Å². The van der Waals surface area contributed by atoms with Gasteiger partial charge in [-0.25, -0.2) is 8.42 Å². The third kappa shape index (κ3) is 5.46. The van der Waals surface area contributed by atoms with Crippen LogP contribution in [0.5, 0.6) is 5.75 Å². The summed E-state index contributed by atoms with van der Waals surface area (Å²) < 4.78 is 31.9. The zero-order valence-electron chi connectivity index (χ0n) is 18.5. The smallest absolute Gasteiger partial charge is 0.251 e. The highest BCUT2D eigenvalue weighted by Crippen LogP contribution is 2.22. The average Bonchev–Trinajstić information content (AvgIpc) is 3.33. The van der Waals surface area contributed by atoms with Gasteiger partial charge in [-0.05, 0) is 67.3 Å². The summed E-state index contributed by atoms with van der Waals surface area (Å²) in [6.45, 7) is 4.74. The molecule has 9 heteroatoms. The first-order chi connectivity index (χ1) is 15.2. The van der Waals surface area contributed by atoms with Crippen LogP contribution >= 0.6 is 0 Å². The monoisotopic (exact) mass is 459 g/mol. The van der Waals surface area contributed by atoms with Crippen molar-refractivity contribution in [2.24, 2.45) is 5.92 Å². The van der Waals surface area contributed by atoms with Crippen molar-refractivity contribution >= 4 is 27.5 Å². The number of anilines is 1. The Balaban J connectivity index is 1.67. The Hall–Kier alpha value is -2.91. The number of hydrogen-bond donors (Lipinski definition) is 2. The number of carbonyl (C=O) groups is 2. The lowest BCUT2D eigenvalue weighted by molar-refractivity contribution is -0.118. The van der Waals surface area contributed by atoms with E-state index in [1.165, 1.54) is 16.4 Å². The van der Waals surface area contributed by atoms with Gasteiger partial charge in [-0.3, -0.25) is 9.59 Å². The number of amides is 2. The lowest BCUT2D eigenvalue weighted by atomic mass is 10.0. The quantitative estimate of drug-likeness (QED) is 0.632. The first-order valence-electron chi connectivity index (χ1n) is 10.6. The summed E-state index contributed by atoms with van der Waals surface area (Å²) in [5, 5.41) is 5.53. The second-order valence-electron chi connectivity index (χ2n) is 8.05. The van der Waals surface area contributed by atoms with Gasteiger partial charge in [0, 0.05) is 24.3 Å². The van der Waals surface area contributed by atoms with E-state index in [1.54, 1.807) is 43.5 Å². The van der Waals surface area contributed by atoms with Crippen LogP contribution in [0.4, 0.5) is 5.69 Å². The molecule has 2 N–H and O–H groups in total. The number of methoxy groups -OCH3 is 1. The highest BCUT2D eigenvalue weighted by molar-refractivity contribution is 7.89. The number of nitrogens with one attached hydrogen (secondary N) is 2. The normalized spacial score (nSPS) is 15.4. The van der Waals surface area contributed by atoms with E-state index < -0.39 is 16.1 Å². The van der Waals surface area contributed by atoms with Gasteiger partial charge in [-0.2, -0.15) is 4.31 Å². The van der Waals surface area contributed by atoms with Crippen LogP contribution < -0.4 is 15.4 Å². The van der Waals surface area contributed by atoms with Gasteiger partial charge in [0.1, 0.15) is 11.8 Å². The molecule has 2 aromatic carbocycles. The van der Waals surface area contributed by atoms with Gasteiger partial charge in [-0.15, -0.1) is 0 Å². The maximum absolute atomic E-state index is 12.8. The Morgan fingerprint density at radius 1 is 0.969 bits per heavy atom. The van der Waals surface area contributed by atoms with Gasteiger partial charge in [0.2, 0.25) is 15.9 Å². The fraction of sp³-hybridized carbons (Fsp3) is 0.391. The molecule has 32 heavy (non-hydrogen) atoms. The molecule has 2 amide bonds. The molecule has 1 fully saturated rings. The van der Waals surface area contributed by atoms with E-state index in [0.29, 0.717) is 30.1 Å². The van der Waals surface area contributed by atoms with Crippen LogP contribution in [0.15, 0.2) is 53.4 Å². The molecule has 0 aliphatic carbocycles. The zero-order chi connectivity index (χ0) is 23.3. The highest BCUT2D eigenvalue weighted by atomic mass is 32.2. The Labute approximate surface area is 189 Å². The predicted octanol–water partition coefficient (Wildman–Crippen LogP) is 2.87. The second kappa shape index (κ2) is 10.1. The van der Waals surface area contributed by atoms with Crippen molar-refractivity contribution in [3.8, 4) is 5.75 Å². The number of hydrogen-bond acceptors (Lipinski definition) is 5. The molecule has 1 saturated heterocycles. The van der Waals surface area contributed by atoms with E-state index in [-0.39, 0.29) is 22.6 Å². The van der Waals surface area contributed by atoms with E-state index in [2.05, 4.69) is 10.6 Å². The molecule has 1 unspecified atom stereocenters. The van der Waals surface area contributed by atoms with Crippen molar-refractivity contribution in [1.29, 1.82) is 0 Å². The fourth-order valence-corrected chi connectivity index (χ4v) is 5.03. The molecule has 1 atom stereocenters. The van der Waals surface area contributed by atoms with Crippen molar-refractivity contribution in [2.45, 2.75) is 37.6 Å². The number of sulfonamides is 1. The third-order valence-corrected chi connectivity index (χ3v) is 7.33. The first-order valence-corrected chi connectivity index (χ1v) is 12.0. The lowest BCUT2D eigenvalue weighted by Crippen LogP contribution is -2.47. The summed E-state index contributed by atoms with van der Waals surface area (Å²) in [6, 6.07) is 11.9. The fourth-order valence-electron chi connectivity index (χ4n) is 3.51. The molecule has 0 saturated carbocycles. The molecule has 1 aliphatic heterocycles. The molecular weight excluding hydrogens is 430 g/mol. The minimum atomic E-state index is -3.51. The lowest BCUT2D eigenvalue weighted by Gasteiger charge is -2.22. The van der Waals surface area contributed by atoms with Crippen molar-refractivity contribution in [3.05, 3.63) is 54.1 Å². The van der Waals surface area contributed by atoms with Gasteiger partial charge >= 0.3 is 0 Å². The standard InChI is InChI=1S/C23H29N3O5S/c1-16(2)21(25-22(27)17-6-10-19(31-3)11-7-17)23(28)24-18-8-12-20(13-9-18)32(29,30)26-14-4-5-15-26/h6-13,16,21H,4-5,14-15H2,1-3H3,(H,24,28)(H,25,27). The molecule has 8 nitrogen and oxygen atoms in total. The van der Waals surface area contributed by atoms with Gasteiger partial charge in [0.25, 0.3) is 5.91 Å². The van der Waals surface area contributed by atoms with Crippen LogP contribution in [-0.4, -0.2) is 50.8 Å². The summed E-state index contributed by atoms with van der Waals surface area (Å²) in [5.74, 6) is -0.271. The molecule has 1 heterocycles. The highest BCUT2D eigenvalue weighted by Gasteiger charge is 2.28. The van der Waals surface area contributed by atoms with E-state index >= 15 is 0 Å². The number of ether oxygens (including phenoxy) is 1. The van der Waals surface area contributed by atoms with Crippen molar-refractivity contribution in [3.63, 3.8) is 0 Å². The van der Waals surface area contributed by atoms with E-state index in [4.69, 9.17) is 4.74 Å². The number of carbonyl (C=O) groups excluding carboxylic acids is 2. The molecular formula is C23H29N3O5S. The Bertz CT molecular complexity index is 1040. The molecule has 0 spiro atoms. The van der Waals surface area contributed by atoms with Crippen LogP contribution in [0, 0.1) is 5.92 Å². The minimum absolute atomic E-state index is 0.160. The first kappa shape index (κ1) is 23.7. The van der Waals surface area contributed by atoms with Crippen LogP contribution in [-0.2, 0) is 14.8 Å². The molecule has 0 radical (unpaired) electrons. The van der Waals surface area contributed by atoms with Crippen molar-refractivity contribution < 1.29 is 22.7 Å². The Morgan fingerprint density at radius 2 is 1.56 bits per heavy atom. The number of nitrogens with zero attached hydrogens (tertiary/aromatic N) is 1. The third-order valence-electron chi connectivity index (χ3n) is 5.41. The summed E-state index contributed by atoms with van der Waals surface area (Å²) >= 11 is 0. The number of rotatable bonds is 8. The average molecular weight is 460 g/mol. The second-order valence-corrected chi connectivity index (χ2v) is 9.99. The van der Waals surface area contributed by atoms with Gasteiger partial charge in [0.15, 0.2) is 0 Å². The van der Waals surface area contributed by atoms with Gasteiger partial charge in [-0.1, -0.05) is 13.8 Å². The molecule has 0 bridgehead atoms. The zero-order valence-corrected chi connectivity index (χ0v) is 19.3. The largest absolute Gasteiger partial charge is 0.497 e. The van der Waals surface area contributed by atoms with E-state index in [9.17, 15) is 18.0 Å². The maximum atomic E-state index is 12.8. The van der Waals surface area contributed by atoms with Crippen molar-refractivity contribution in [2.75, 3.05) is 25.5 Å². The van der Waals surface area contributed by atoms with Crippen LogP contribution in [0.2, 0.25) is 0 Å². The van der Waals surface area contributed by atoms with E-state index in [0.717, 1.165) is 12.8 Å². The van der Waals surface area contributed by atoms with Crippen LogP contribution in [0.3, 0.4) is 0 Å². The Morgan fingerprint density at radius 3 is 2.09 bits per heavy atom. The topological polar surface area (TPSA) is 105 Å². The molecule has 1 aliphatic rings. The summed E-state index contributed by atoms with van der Waals surface area (Å²) in [4.78, 5) is 25.6. The molecule has 2 aromatic rings. The number of benzene rings is 2. The van der Waals surface area contributed by atoms with Gasteiger partial charge in [0.05, 0.1) is 12.0 Å². The molecule has 0 aromatic heterocycles. The Kier molecular flexibility index (Phi) is 7.52. The van der Waals surface area contributed by atoms with E-state index in [1.807, 2.05) is 13.8 Å². The SMILES string of the molecule is COc1ccc(C(=O)NC(C(=O)Nc2ccc(S(=O)(=O)N3CCCC3)cc2)C(C)C)cc1. The minimum Gasteiger partial charge on any atom is -0.497 e. The summed E-state index contributed by atoms with van der Waals surface area (Å²) in [6.07, 6.45) is 1.73. The summed E-state index contributed by atoms with van der Waals surface area (Å²) in [7, 11) is -1.97. The predicted molar refractivity (Wildman–Crippen MR) is 122 cm³/mol. The van der Waals surface area contributed by atoms with Crippen molar-refractivity contribution in [1.82, 2.24) is 9.62 Å².